The van der Waals surface area contributed by atoms with E-state index in [4.69, 9.17) is 4.74 Å². The van der Waals surface area contributed by atoms with Crippen molar-refractivity contribution in [3.05, 3.63) is 0 Å². The number of hydrogen-bond acceptors (Lipinski definition) is 1. The lowest BCUT2D eigenvalue weighted by atomic mass is 9.97. The molecule has 0 N–H and O–H groups in total. The van der Waals surface area contributed by atoms with Gasteiger partial charge in [-0.2, -0.15) is 0 Å². The monoisotopic (exact) mass is 128 g/mol. The Hall–Kier alpha value is -0.0400. The highest BCUT2D eigenvalue weighted by Crippen LogP contribution is 2.25. The Morgan fingerprint density at radius 3 is 2.56 bits per heavy atom. The van der Waals surface area contributed by atoms with E-state index in [0.29, 0.717) is 6.10 Å². The molecule has 1 nitrogen and oxygen atoms in total. The molecule has 2 atom stereocenters. The van der Waals surface area contributed by atoms with E-state index in [9.17, 15) is 0 Å². The van der Waals surface area contributed by atoms with Gasteiger partial charge in [0.25, 0.3) is 0 Å². The summed E-state index contributed by atoms with van der Waals surface area (Å²) in [7, 11) is 0. The molecule has 0 saturated carbocycles. The first kappa shape index (κ1) is 7.07. The minimum Gasteiger partial charge on any atom is -0.378 e. The van der Waals surface area contributed by atoms with Crippen molar-refractivity contribution in [3.8, 4) is 0 Å². The highest BCUT2D eigenvalue weighted by molar-refractivity contribution is 4.73. The summed E-state index contributed by atoms with van der Waals surface area (Å²) in [4.78, 5) is 0. The first-order valence-electron chi connectivity index (χ1n) is 4.00. The maximum atomic E-state index is 5.51. The third kappa shape index (κ3) is 1.45. The fraction of sp³-hybridized carbons (Fsp3) is 1.00. The smallest absolute Gasteiger partial charge is 0.0601 e. The van der Waals surface area contributed by atoms with Crippen molar-refractivity contribution in [2.24, 2.45) is 5.92 Å². The first-order valence-corrected chi connectivity index (χ1v) is 4.00. The Morgan fingerprint density at radius 1 is 1.33 bits per heavy atom. The van der Waals surface area contributed by atoms with Gasteiger partial charge in [-0.1, -0.05) is 20.3 Å². The second-order valence-electron chi connectivity index (χ2n) is 2.77. The Morgan fingerprint density at radius 2 is 2.11 bits per heavy atom. The van der Waals surface area contributed by atoms with Crippen molar-refractivity contribution in [1.82, 2.24) is 0 Å². The second-order valence-corrected chi connectivity index (χ2v) is 2.77. The first-order chi connectivity index (χ1) is 4.38. The van der Waals surface area contributed by atoms with Crippen LogP contribution in [0.1, 0.15) is 33.1 Å². The third-order valence-electron chi connectivity index (χ3n) is 2.27. The number of rotatable bonds is 2. The van der Waals surface area contributed by atoms with Crippen molar-refractivity contribution in [1.29, 1.82) is 0 Å². The summed E-state index contributed by atoms with van der Waals surface area (Å²) >= 11 is 0. The topological polar surface area (TPSA) is 9.23 Å². The van der Waals surface area contributed by atoms with Gasteiger partial charge in [-0.15, -0.1) is 0 Å². The average Bonchev–Trinajstić information content (AvgIpc) is 2.33. The van der Waals surface area contributed by atoms with E-state index in [1.54, 1.807) is 0 Å². The Balaban J connectivity index is 2.32. The SMILES string of the molecule is CC[C@@H]1CCO[C@H]1CC. The van der Waals surface area contributed by atoms with E-state index < -0.39 is 0 Å². The average molecular weight is 128 g/mol. The van der Waals surface area contributed by atoms with Gasteiger partial charge in [-0.25, -0.2) is 0 Å². The Bertz CT molecular complexity index is 70.6. The molecule has 0 spiro atoms. The minimum absolute atomic E-state index is 0.579. The highest BCUT2D eigenvalue weighted by Gasteiger charge is 2.24. The molecule has 0 bridgehead atoms. The quantitative estimate of drug-likeness (QED) is 0.554. The van der Waals surface area contributed by atoms with E-state index in [1.807, 2.05) is 0 Å². The predicted octanol–water partition coefficient (Wildman–Crippen LogP) is 2.21. The molecular weight excluding hydrogens is 112 g/mol. The van der Waals surface area contributed by atoms with Crippen LogP contribution in [0.5, 0.6) is 0 Å². The zero-order chi connectivity index (χ0) is 6.69. The van der Waals surface area contributed by atoms with Crippen molar-refractivity contribution in [2.45, 2.75) is 39.2 Å². The summed E-state index contributed by atoms with van der Waals surface area (Å²) < 4.78 is 5.51. The molecule has 0 unspecified atom stereocenters. The molecule has 0 radical (unpaired) electrons. The van der Waals surface area contributed by atoms with Crippen LogP contribution >= 0.6 is 0 Å². The van der Waals surface area contributed by atoms with Gasteiger partial charge in [0.1, 0.15) is 0 Å². The number of ether oxygens (including phenoxy) is 1. The van der Waals surface area contributed by atoms with Crippen LogP contribution in [-0.4, -0.2) is 12.7 Å². The fourth-order valence-electron chi connectivity index (χ4n) is 1.61. The normalized spacial score (nSPS) is 35.3. The molecule has 0 aromatic carbocycles. The summed E-state index contributed by atoms with van der Waals surface area (Å²) in [6.45, 7) is 5.46. The standard InChI is InChI=1S/C8H16O/c1-3-7-5-6-9-8(7)4-2/h7-8H,3-6H2,1-2H3/t7-,8+/m1/s1. The van der Waals surface area contributed by atoms with Crippen LogP contribution in [0.25, 0.3) is 0 Å². The van der Waals surface area contributed by atoms with Crippen LogP contribution in [0.4, 0.5) is 0 Å². The van der Waals surface area contributed by atoms with Crippen LogP contribution < -0.4 is 0 Å². The summed E-state index contributed by atoms with van der Waals surface area (Å²) in [5.41, 5.74) is 0. The molecule has 1 saturated heterocycles. The second kappa shape index (κ2) is 3.21. The molecule has 0 aliphatic carbocycles. The van der Waals surface area contributed by atoms with Gasteiger partial charge < -0.3 is 4.74 Å². The molecule has 0 amide bonds. The van der Waals surface area contributed by atoms with E-state index in [0.717, 1.165) is 12.5 Å². The molecule has 1 heterocycles. The lowest BCUT2D eigenvalue weighted by Gasteiger charge is -2.13. The minimum atomic E-state index is 0.579. The largest absolute Gasteiger partial charge is 0.378 e. The lowest BCUT2D eigenvalue weighted by molar-refractivity contribution is 0.0867. The van der Waals surface area contributed by atoms with Gasteiger partial charge in [0.2, 0.25) is 0 Å². The van der Waals surface area contributed by atoms with Crippen molar-refractivity contribution < 1.29 is 4.74 Å². The van der Waals surface area contributed by atoms with Crippen molar-refractivity contribution in [2.75, 3.05) is 6.61 Å². The molecule has 1 rings (SSSR count). The van der Waals surface area contributed by atoms with E-state index in [2.05, 4.69) is 13.8 Å². The predicted molar refractivity (Wildman–Crippen MR) is 38.4 cm³/mol. The lowest BCUT2D eigenvalue weighted by Crippen LogP contribution is -2.13. The summed E-state index contributed by atoms with van der Waals surface area (Å²) in [5, 5.41) is 0. The van der Waals surface area contributed by atoms with Crippen LogP contribution in [0, 0.1) is 5.92 Å². The van der Waals surface area contributed by atoms with Crippen molar-refractivity contribution >= 4 is 0 Å². The molecule has 1 heteroatoms. The molecule has 1 fully saturated rings. The molecule has 0 aromatic rings. The van der Waals surface area contributed by atoms with Gasteiger partial charge in [0.05, 0.1) is 6.10 Å². The molecule has 0 aromatic heterocycles. The van der Waals surface area contributed by atoms with Gasteiger partial charge >= 0.3 is 0 Å². The van der Waals surface area contributed by atoms with Crippen LogP contribution in [0.3, 0.4) is 0 Å². The fourth-order valence-corrected chi connectivity index (χ4v) is 1.61. The molecular formula is C8H16O. The van der Waals surface area contributed by atoms with E-state index in [1.165, 1.54) is 19.3 Å². The maximum absolute atomic E-state index is 5.51. The van der Waals surface area contributed by atoms with Crippen LogP contribution in [0.15, 0.2) is 0 Å². The molecule has 1 aliphatic heterocycles. The Kier molecular flexibility index (Phi) is 2.52. The molecule has 9 heavy (non-hydrogen) atoms. The van der Waals surface area contributed by atoms with Crippen molar-refractivity contribution in [3.63, 3.8) is 0 Å². The van der Waals surface area contributed by atoms with Gasteiger partial charge in [-0.05, 0) is 18.8 Å². The van der Waals surface area contributed by atoms with E-state index in [-0.39, 0.29) is 0 Å². The Labute approximate surface area is 57.4 Å². The van der Waals surface area contributed by atoms with E-state index >= 15 is 0 Å². The third-order valence-corrected chi connectivity index (χ3v) is 2.27. The summed E-state index contributed by atoms with van der Waals surface area (Å²) in [6, 6.07) is 0. The summed E-state index contributed by atoms with van der Waals surface area (Å²) in [5.74, 6) is 0.856. The zero-order valence-electron chi connectivity index (χ0n) is 6.39. The molecule has 54 valence electrons. The number of hydrogen-bond donors (Lipinski definition) is 0. The van der Waals surface area contributed by atoms with Gasteiger partial charge in [0.15, 0.2) is 0 Å². The zero-order valence-corrected chi connectivity index (χ0v) is 6.39. The van der Waals surface area contributed by atoms with Crippen LogP contribution in [0.2, 0.25) is 0 Å². The highest BCUT2D eigenvalue weighted by atomic mass is 16.5. The molecule has 1 aliphatic rings. The summed E-state index contributed by atoms with van der Waals surface area (Å²) in [6.07, 6.45) is 4.35. The maximum Gasteiger partial charge on any atom is 0.0601 e. The van der Waals surface area contributed by atoms with Gasteiger partial charge in [-0.3, -0.25) is 0 Å². The van der Waals surface area contributed by atoms with Crippen LogP contribution in [-0.2, 0) is 4.74 Å². The van der Waals surface area contributed by atoms with Gasteiger partial charge in [0, 0.05) is 6.61 Å².